The molecule has 3 aliphatic heterocycles. The summed E-state index contributed by atoms with van der Waals surface area (Å²) >= 11 is 0. The van der Waals surface area contributed by atoms with E-state index in [1.165, 1.54) is 6.40 Å². The Morgan fingerprint density at radius 1 is 1.14 bits per heavy atom. The fourth-order valence-corrected chi connectivity index (χ4v) is 3.13. The fourth-order valence-electron chi connectivity index (χ4n) is 3.13. The molecule has 0 aromatic heterocycles. The number of hydrogen-bond acceptors (Lipinski definition) is 5. The van der Waals surface area contributed by atoms with Gasteiger partial charge < -0.3 is 19.1 Å². The maximum absolute atomic E-state index is 12.6. The van der Waals surface area contributed by atoms with Gasteiger partial charge in [-0.3, -0.25) is 4.79 Å². The molecule has 116 valence electrons. The summed E-state index contributed by atoms with van der Waals surface area (Å²) in [6.45, 7) is 2.73. The molecule has 0 N–H and O–H groups in total. The topological polar surface area (TPSA) is 60.4 Å². The molecule has 1 unspecified atom stereocenters. The second kappa shape index (κ2) is 5.51. The molecule has 2 atom stereocenters. The Balaban J connectivity index is 1.57. The molecule has 0 spiro atoms. The van der Waals surface area contributed by atoms with Crippen molar-refractivity contribution in [2.75, 3.05) is 26.3 Å². The lowest BCUT2D eigenvalue weighted by atomic mass is 10.0. The predicted octanol–water partition coefficient (Wildman–Crippen LogP) is 1.55. The zero-order valence-corrected chi connectivity index (χ0v) is 12.2. The molecule has 0 bridgehead atoms. The standard InChI is InChI=1S/C16H18N2O4/c19-16(18-5-1-2-6-18)14-15(22-10-17-14)11-3-4-12-13(9-11)21-8-7-20-12/h3-4,9-10,14-15H,1-2,5-8H2/t14?,15-/m1/s1. The van der Waals surface area contributed by atoms with E-state index in [9.17, 15) is 4.79 Å². The molecule has 22 heavy (non-hydrogen) atoms. The van der Waals surface area contributed by atoms with E-state index in [4.69, 9.17) is 14.2 Å². The number of nitrogens with zero attached hydrogens (tertiary/aromatic N) is 2. The van der Waals surface area contributed by atoms with Gasteiger partial charge in [-0.15, -0.1) is 0 Å². The SMILES string of the molecule is O=C(C1N=CO[C@@H]1c1ccc2c(c1)OCCO2)N1CCCC1. The molecule has 0 aliphatic carbocycles. The zero-order chi connectivity index (χ0) is 14.9. The van der Waals surface area contributed by atoms with Gasteiger partial charge in [0, 0.05) is 13.1 Å². The second-order valence-corrected chi connectivity index (χ2v) is 5.69. The first-order chi connectivity index (χ1) is 10.8. The number of benzene rings is 1. The molecule has 1 fully saturated rings. The summed E-state index contributed by atoms with van der Waals surface area (Å²) < 4.78 is 16.7. The van der Waals surface area contributed by atoms with Gasteiger partial charge in [0.05, 0.1) is 0 Å². The Bertz CT molecular complexity index is 610. The van der Waals surface area contributed by atoms with Gasteiger partial charge in [-0.1, -0.05) is 6.07 Å². The van der Waals surface area contributed by atoms with Crippen molar-refractivity contribution in [3.05, 3.63) is 23.8 Å². The van der Waals surface area contributed by atoms with Crippen LogP contribution in [0.2, 0.25) is 0 Å². The lowest BCUT2D eigenvalue weighted by Crippen LogP contribution is -2.38. The van der Waals surface area contributed by atoms with Crippen molar-refractivity contribution in [3.8, 4) is 11.5 Å². The molecule has 6 nitrogen and oxygen atoms in total. The minimum Gasteiger partial charge on any atom is -0.486 e. The largest absolute Gasteiger partial charge is 0.486 e. The number of fused-ring (bicyclic) bond motifs is 1. The summed E-state index contributed by atoms with van der Waals surface area (Å²) in [7, 11) is 0. The lowest BCUT2D eigenvalue weighted by molar-refractivity contribution is -0.133. The van der Waals surface area contributed by atoms with Gasteiger partial charge in [0.25, 0.3) is 5.91 Å². The van der Waals surface area contributed by atoms with Crippen LogP contribution in [-0.4, -0.2) is 49.6 Å². The van der Waals surface area contributed by atoms with Gasteiger partial charge in [-0.2, -0.15) is 0 Å². The normalized spacial score (nSPS) is 26.1. The summed E-state index contributed by atoms with van der Waals surface area (Å²) in [5, 5.41) is 0. The van der Waals surface area contributed by atoms with Crippen LogP contribution in [0.25, 0.3) is 0 Å². The first-order valence-corrected chi connectivity index (χ1v) is 7.68. The van der Waals surface area contributed by atoms with Gasteiger partial charge in [0.1, 0.15) is 13.2 Å². The molecule has 6 heteroatoms. The van der Waals surface area contributed by atoms with Crippen molar-refractivity contribution >= 4 is 12.3 Å². The molecule has 0 saturated carbocycles. The van der Waals surface area contributed by atoms with Crippen LogP contribution in [0.3, 0.4) is 0 Å². The first kappa shape index (κ1) is 13.4. The molecule has 3 aliphatic rings. The van der Waals surface area contributed by atoms with Crippen LogP contribution in [-0.2, 0) is 9.53 Å². The van der Waals surface area contributed by atoms with E-state index in [0.29, 0.717) is 19.0 Å². The molecule has 1 amide bonds. The van der Waals surface area contributed by atoms with E-state index in [0.717, 1.165) is 37.2 Å². The molecule has 1 aromatic carbocycles. The Morgan fingerprint density at radius 3 is 2.73 bits per heavy atom. The number of carbonyl (C=O) groups is 1. The van der Waals surface area contributed by atoms with Crippen molar-refractivity contribution in [2.45, 2.75) is 25.0 Å². The van der Waals surface area contributed by atoms with Crippen molar-refractivity contribution in [3.63, 3.8) is 0 Å². The second-order valence-electron chi connectivity index (χ2n) is 5.69. The number of rotatable bonds is 2. The Kier molecular flexibility index (Phi) is 3.36. The highest BCUT2D eigenvalue weighted by atomic mass is 16.6. The monoisotopic (exact) mass is 302 g/mol. The van der Waals surface area contributed by atoms with Gasteiger partial charge >= 0.3 is 0 Å². The lowest BCUT2D eigenvalue weighted by Gasteiger charge is -2.24. The van der Waals surface area contributed by atoms with E-state index in [-0.39, 0.29) is 12.0 Å². The molecular formula is C16H18N2O4. The molecule has 3 heterocycles. The molecule has 1 saturated heterocycles. The smallest absolute Gasteiger partial charge is 0.251 e. The Hall–Kier alpha value is -2.24. The highest BCUT2D eigenvalue weighted by Gasteiger charge is 2.37. The van der Waals surface area contributed by atoms with E-state index in [1.54, 1.807) is 0 Å². The quantitative estimate of drug-likeness (QED) is 0.831. The van der Waals surface area contributed by atoms with Gasteiger partial charge in [0.15, 0.2) is 30.0 Å². The number of ether oxygens (including phenoxy) is 3. The first-order valence-electron chi connectivity index (χ1n) is 7.68. The average molecular weight is 302 g/mol. The Labute approximate surface area is 128 Å². The third-order valence-corrected chi connectivity index (χ3v) is 4.28. The summed E-state index contributed by atoms with van der Waals surface area (Å²) in [6, 6.07) is 5.17. The highest BCUT2D eigenvalue weighted by molar-refractivity contribution is 5.85. The van der Waals surface area contributed by atoms with Crippen LogP contribution in [0, 0.1) is 0 Å². The zero-order valence-electron chi connectivity index (χ0n) is 12.2. The maximum atomic E-state index is 12.6. The molecular weight excluding hydrogens is 284 g/mol. The third kappa shape index (κ3) is 2.28. The molecule has 4 rings (SSSR count). The van der Waals surface area contributed by atoms with Gasteiger partial charge in [0.2, 0.25) is 0 Å². The average Bonchev–Trinajstić information content (AvgIpc) is 3.25. The third-order valence-electron chi connectivity index (χ3n) is 4.28. The van der Waals surface area contributed by atoms with Crippen LogP contribution in [0.15, 0.2) is 23.2 Å². The summed E-state index contributed by atoms with van der Waals surface area (Å²) in [6.07, 6.45) is 3.14. The summed E-state index contributed by atoms with van der Waals surface area (Å²) in [4.78, 5) is 18.7. The van der Waals surface area contributed by atoms with Crippen molar-refractivity contribution in [1.29, 1.82) is 0 Å². The van der Waals surface area contributed by atoms with Crippen LogP contribution in [0.4, 0.5) is 0 Å². The van der Waals surface area contributed by atoms with Crippen molar-refractivity contribution < 1.29 is 19.0 Å². The van der Waals surface area contributed by atoms with E-state index < -0.39 is 6.04 Å². The minimum absolute atomic E-state index is 0.0474. The predicted molar refractivity (Wildman–Crippen MR) is 79.4 cm³/mol. The highest BCUT2D eigenvalue weighted by Crippen LogP contribution is 2.36. The van der Waals surface area contributed by atoms with Crippen molar-refractivity contribution in [2.24, 2.45) is 4.99 Å². The number of hydrogen-bond donors (Lipinski definition) is 0. The number of aliphatic imine (C=N–C) groups is 1. The summed E-state index contributed by atoms with van der Waals surface area (Å²) in [5.41, 5.74) is 0.888. The van der Waals surface area contributed by atoms with Crippen LogP contribution >= 0.6 is 0 Å². The van der Waals surface area contributed by atoms with Gasteiger partial charge in [-0.05, 0) is 30.5 Å². The van der Waals surface area contributed by atoms with Crippen LogP contribution < -0.4 is 9.47 Å². The Morgan fingerprint density at radius 2 is 1.91 bits per heavy atom. The molecule has 1 aromatic rings. The number of amides is 1. The number of carbonyl (C=O) groups excluding carboxylic acids is 1. The van der Waals surface area contributed by atoms with Gasteiger partial charge in [-0.25, -0.2) is 4.99 Å². The van der Waals surface area contributed by atoms with E-state index in [1.807, 2.05) is 23.1 Å². The van der Waals surface area contributed by atoms with Crippen molar-refractivity contribution in [1.82, 2.24) is 4.90 Å². The fraction of sp³-hybridized carbons (Fsp3) is 0.500. The maximum Gasteiger partial charge on any atom is 0.251 e. The van der Waals surface area contributed by atoms with Crippen LogP contribution in [0.1, 0.15) is 24.5 Å². The molecule has 0 radical (unpaired) electrons. The van der Waals surface area contributed by atoms with Crippen LogP contribution in [0.5, 0.6) is 11.5 Å². The summed E-state index contributed by atoms with van der Waals surface area (Å²) in [5.74, 6) is 1.48. The van der Waals surface area contributed by atoms with E-state index in [2.05, 4.69) is 4.99 Å². The minimum atomic E-state index is -0.499. The van der Waals surface area contributed by atoms with E-state index >= 15 is 0 Å². The number of likely N-dealkylation sites (tertiary alicyclic amines) is 1.